The molecule has 1 fully saturated rings. The molecular weight excluding hydrogens is 124 g/mol. The summed E-state index contributed by atoms with van der Waals surface area (Å²) < 4.78 is 5.15. The lowest BCUT2D eigenvalue weighted by Gasteiger charge is -1.95. The first kappa shape index (κ1) is 5.93. The Kier molecular flexibility index (Phi) is 1.24. The Morgan fingerprint density at radius 1 is 1.50 bits per heavy atom. The quantitative estimate of drug-likeness (QED) is 0.535. The number of benzene rings is 1. The van der Waals surface area contributed by atoms with Crippen LogP contribution in [0.25, 0.3) is 0 Å². The number of epoxide rings is 1. The van der Waals surface area contributed by atoms with Crippen LogP contribution in [0, 0.1) is 6.92 Å². The molecule has 0 N–H and O–H groups in total. The zero-order valence-electron chi connectivity index (χ0n) is 6.00. The molecule has 1 heteroatoms. The summed E-state index contributed by atoms with van der Waals surface area (Å²) in [5, 5.41) is 0. The molecule has 0 amide bonds. The van der Waals surface area contributed by atoms with E-state index < -0.39 is 0 Å². The van der Waals surface area contributed by atoms with Gasteiger partial charge in [-0.25, -0.2) is 0 Å². The van der Waals surface area contributed by atoms with Crippen LogP contribution < -0.4 is 0 Å². The van der Waals surface area contributed by atoms with E-state index in [4.69, 9.17) is 4.74 Å². The molecule has 2 rings (SSSR count). The van der Waals surface area contributed by atoms with Crippen LogP contribution in [0.5, 0.6) is 0 Å². The van der Waals surface area contributed by atoms with E-state index in [1.54, 1.807) is 0 Å². The summed E-state index contributed by atoms with van der Waals surface area (Å²) >= 11 is 0. The van der Waals surface area contributed by atoms with E-state index in [-0.39, 0.29) is 0 Å². The van der Waals surface area contributed by atoms with Gasteiger partial charge in [0, 0.05) is 0 Å². The van der Waals surface area contributed by atoms with Crippen molar-refractivity contribution in [3.63, 3.8) is 0 Å². The van der Waals surface area contributed by atoms with Crippen LogP contribution in [0.4, 0.5) is 0 Å². The summed E-state index contributed by atoms with van der Waals surface area (Å²) in [6.45, 7) is 3.01. The highest BCUT2D eigenvalue weighted by Crippen LogP contribution is 2.29. The summed E-state index contributed by atoms with van der Waals surface area (Å²) in [7, 11) is 0. The minimum atomic E-state index is 0.403. The topological polar surface area (TPSA) is 12.5 Å². The van der Waals surface area contributed by atoms with Crippen molar-refractivity contribution in [2.24, 2.45) is 0 Å². The zero-order chi connectivity index (χ0) is 6.97. The molecule has 10 heavy (non-hydrogen) atoms. The highest BCUT2D eigenvalue weighted by Gasteiger charge is 2.24. The number of hydrogen-bond acceptors (Lipinski definition) is 1. The second-order valence-corrected chi connectivity index (χ2v) is 2.74. The number of aryl methyl sites for hydroxylation is 1. The van der Waals surface area contributed by atoms with E-state index in [9.17, 15) is 0 Å². The smallest absolute Gasteiger partial charge is 0.106 e. The van der Waals surface area contributed by atoms with E-state index in [1.165, 1.54) is 11.1 Å². The van der Waals surface area contributed by atoms with E-state index in [1.807, 2.05) is 0 Å². The van der Waals surface area contributed by atoms with Gasteiger partial charge in [0.05, 0.1) is 6.61 Å². The zero-order valence-corrected chi connectivity index (χ0v) is 6.00. The van der Waals surface area contributed by atoms with Crippen LogP contribution in [0.2, 0.25) is 0 Å². The molecule has 1 aliphatic heterocycles. The molecule has 0 spiro atoms. The molecule has 1 atom stereocenters. The normalized spacial score (nSPS) is 22.7. The van der Waals surface area contributed by atoms with Crippen molar-refractivity contribution < 1.29 is 4.74 Å². The molecule has 1 nitrogen and oxygen atoms in total. The molecule has 0 radical (unpaired) electrons. The monoisotopic (exact) mass is 134 g/mol. The Balaban J connectivity index is 2.32. The van der Waals surface area contributed by atoms with Crippen LogP contribution in [0.15, 0.2) is 24.3 Å². The Morgan fingerprint density at radius 2 is 2.30 bits per heavy atom. The summed E-state index contributed by atoms with van der Waals surface area (Å²) in [4.78, 5) is 0. The Labute approximate surface area is 60.6 Å². The standard InChI is InChI=1S/C9H10O/c1-7-3-2-4-8(5-7)9-6-10-9/h2-5,9H,6H2,1H3/t9-/m1/s1. The predicted octanol–water partition coefficient (Wildman–Crippen LogP) is 2.07. The first-order valence-electron chi connectivity index (χ1n) is 3.54. The van der Waals surface area contributed by atoms with Crippen molar-refractivity contribution in [1.82, 2.24) is 0 Å². The Bertz CT molecular complexity index is 238. The lowest BCUT2D eigenvalue weighted by atomic mass is 10.1. The summed E-state index contributed by atoms with van der Waals surface area (Å²) in [5.74, 6) is 0. The second kappa shape index (κ2) is 2.10. The molecule has 1 aliphatic rings. The second-order valence-electron chi connectivity index (χ2n) is 2.74. The number of rotatable bonds is 1. The van der Waals surface area contributed by atoms with Gasteiger partial charge in [-0.15, -0.1) is 0 Å². The fraction of sp³-hybridized carbons (Fsp3) is 0.333. The first-order chi connectivity index (χ1) is 4.86. The summed E-state index contributed by atoms with van der Waals surface area (Å²) in [5.41, 5.74) is 2.63. The van der Waals surface area contributed by atoms with Crippen LogP contribution in [0.1, 0.15) is 17.2 Å². The molecule has 0 aliphatic carbocycles. The minimum absolute atomic E-state index is 0.403. The first-order valence-corrected chi connectivity index (χ1v) is 3.54. The molecule has 1 heterocycles. The molecule has 0 bridgehead atoms. The molecule has 0 unspecified atom stereocenters. The summed E-state index contributed by atoms with van der Waals surface area (Å²) in [6.07, 6.45) is 0.403. The van der Waals surface area contributed by atoms with Crippen LogP contribution in [-0.2, 0) is 4.74 Å². The minimum Gasteiger partial charge on any atom is -0.368 e. The van der Waals surface area contributed by atoms with Gasteiger partial charge in [-0.3, -0.25) is 0 Å². The van der Waals surface area contributed by atoms with Crippen LogP contribution in [-0.4, -0.2) is 6.61 Å². The third-order valence-corrected chi connectivity index (χ3v) is 1.75. The lowest BCUT2D eigenvalue weighted by Crippen LogP contribution is -1.80. The average Bonchev–Trinajstić information content (AvgIpc) is 2.68. The maximum atomic E-state index is 5.15. The van der Waals surface area contributed by atoms with Crippen molar-refractivity contribution >= 4 is 0 Å². The fourth-order valence-electron chi connectivity index (χ4n) is 1.11. The van der Waals surface area contributed by atoms with E-state index >= 15 is 0 Å². The third-order valence-electron chi connectivity index (χ3n) is 1.75. The van der Waals surface area contributed by atoms with Crippen molar-refractivity contribution in [2.45, 2.75) is 13.0 Å². The number of ether oxygens (including phenoxy) is 1. The van der Waals surface area contributed by atoms with Gasteiger partial charge in [-0.05, 0) is 12.5 Å². The van der Waals surface area contributed by atoms with Gasteiger partial charge >= 0.3 is 0 Å². The lowest BCUT2D eigenvalue weighted by molar-refractivity contribution is 0.415. The molecule has 52 valence electrons. The largest absolute Gasteiger partial charge is 0.368 e. The molecule has 1 aromatic rings. The Hall–Kier alpha value is -0.820. The van der Waals surface area contributed by atoms with Crippen molar-refractivity contribution in [3.8, 4) is 0 Å². The number of hydrogen-bond donors (Lipinski definition) is 0. The van der Waals surface area contributed by atoms with Gasteiger partial charge in [0.25, 0.3) is 0 Å². The van der Waals surface area contributed by atoms with Gasteiger partial charge in [-0.1, -0.05) is 29.8 Å². The predicted molar refractivity (Wildman–Crippen MR) is 39.9 cm³/mol. The van der Waals surface area contributed by atoms with Crippen molar-refractivity contribution in [1.29, 1.82) is 0 Å². The van der Waals surface area contributed by atoms with Crippen molar-refractivity contribution in [2.75, 3.05) is 6.61 Å². The third kappa shape index (κ3) is 1.05. The SMILES string of the molecule is Cc1cccc([C@H]2CO2)c1. The van der Waals surface area contributed by atoms with E-state index in [0.717, 1.165) is 6.61 Å². The van der Waals surface area contributed by atoms with Crippen molar-refractivity contribution in [3.05, 3.63) is 35.4 Å². The molecular formula is C9H10O. The van der Waals surface area contributed by atoms with Crippen LogP contribution in [0.3, 0.4) is 0 Å². The molecule has 1 aromatic carbocycles. The highest BCUT2D eigenvalue weighted by molar-refractivity contribution is 5.25. The molecule has 0 saturated carbocycles. The highest BCUT2D eigenvalue weighted by atomic mass is 16.6. The maximum absolute atomic E-state index is 5.15. The van der Waals surface area contributed by atoms with Gasteiger partial charge in [-0.2, -0.15) is 0 Å². The molecule has 0 aromatic heterocycles. The molecule has 1 saturated heterocycles. The fourth-order valence-corrected chi connectivity index (χ4v) is 1.11. The van der Waals surface area contributed by atoms with E-state index in [2.05, 4.69) is 31.2 Å². The van der Waals surface area contributed by atoms with Gasteiger partial charge in [0.2, 0.25) is 0 Å². The summed E-state index contributed by atoms with van der Waals surface area (Å²) in [6, 6.07) is 8.47. The van der Waals surface area contributed by atoms with Gasteiger partial charge < -0.3 is 4.74 Å². The van der Waals surface area contributed by atoms with Gasteiger partial charge in [0.15, 0.2) is 0 Å². The van der Waals surface area contributed by atoms with Crippen LogP contribution >= 0.6 is 0 Å². The average molecular weight is 134 g/mol. The Morgan fingerprint density at radius 3 is 2.90 bits per heavy atom. The van der Waals surface area contributed by atoms with Gasteiger partial charge in [0.1, 0.15) is 6.10 Å². The maximum Gasteiger partial charge on any atom is 0.106 e. The van der Waals surface area contributed by atoms with E-state index in [0.29, 0.717) is 6.10 Å².